The molecule has 0 unspecified atom stereocenters. The van der Waals surface area contributed by atoms with Crippen molar-refractivity contribution >= 4 is 11.6 Å². The van der Waals surface area contributed by atoms with Crippen LogP contribution in [0.3, 0.4) is 0 Å². The molecule has 0 fully saturated rings. The van der Waals surface area contributed by atoms with Crippen LogP contribution in [-0.2, 0) is 19.5 Å². The van der Waals surface area contributed by atoms with Crippen molar-refractivity contribution in [3.63, 3.8) is 0 Å². The molecular weight excluding hydrogens is 398 g/mol. The number of H-pyrrole nitrogens is 1. The molecule has 5 nitrogen and oxygen atoms in total. The summed E-state index contributed by atoms with van der Waals surface area (Å²) in [6, 6.07) is 21.3. The second-order valence-electron chi connectivity index (χ2n) is 7.44. The van der Waals surface area contributed by atoms with Crippen LogP contribution in [-0.4, -0.2) is 21.4 Å². The maximum absolute atomic E-state index is 12.7. The fraction of sp³-hybridized carbons (Fsp3) is 0.167. The number of aromatic nitrogens is 2. The highest BCUT2D eigenvalue weighted by Crippen LogP contribution is 2.26. The van der Waals surface area contributed by atoms with Crippen molar-refractivity contribution in [3.05, 3.63) is 99.1 Å². The molecule has 0 atom stereocenters. The predicted molar refractivity (Wildman–Crippen MR) is 117 cm³/mol. The number of hydrogen-bond donors (Lipinski definition) is 1. The normalized spacial score (nSPS) is 13.9. The Kier molecular flexibility index (Phi) is 4.99. The van der Waals surface area contributed by atoms with Gasteiger partial charge in [-0.2, -0.15) is 0 Å². The zero-order valence-corrected chi connectivity index (χ0v) is 17.0. The minimum atomic E-state index is -0.0670. The first-order valence-corrected chi connectivity index (χ1v) is 10.3. The predicted octanol–water partition coefficient (Wildman–Crippen LogP) is 4.91. The standard InChI is InChI=1S/C24H20ClN3O2/c25-18-8-4-7-17(13-18)22-10-9-19(30-22)14-28-12-11-21-20(15-28)24(29)27-23(26-21)16-5-2-1-3-6-16/h1-10,13H,11-12,14-15H2,(H,26,27,29). The molecule has 2 aromatic carbocycles. The summed E-state index contributed by atoms with van der Waals surface area (Å²) in [4.78, 5) is 22.6. The average molecular weight is 418 g/mol. The Labute approximate surface area is 179 Å². The number of nitrogens with one attached hydrogen (secondary N) is 1. The highest BCUT2D eigenvalue weighted by atomic mass is 35.5. The van der Waals surface area contributed by atoms with Crippen LogP contribution in [0.4, 0.5) is 0 Å². The first-order valence-electron chi connectivity index (χ1n) is 9.90. The van der Waals surface area contributed by atoms with Gasteiger partial charge in [-0.1, -0.05) is 54.1 Å². The van der Waals surface area contributed by atoms with Crippen molar-refractivity contribution in [1.29, 1.82) is 0 Å². The molecule has 1 N–H and O–H groups in total. The molecule has 0 bridgehead atoms. The van der Waals surface area contributed by atoms with E-state index in [1.165, 1.54) is 0 Å². The van der Waals surface area contributed by atoms with Gasteiger partial charge in [0.2, 0.25) is 0 Å². The number of fused-ring (bicyclic) bond motifs is 1. The lowest BCUT2D eigenvalue weighted by molar-refractivity contribution is 0.223. The van der Waals surface area contributed by atoms with E-state index < -0.39 is 0 Å². The van der Waals surface area contributed by atoms with Gasteiger partial charge in [0.05, 0.1) is 17.8 Å². The molecule has 5 rings (SSSR count). The quantitative estimate of drug-likeness (QED) is 0.512. The maximum atomic E-state index is 12.7. The van der Waals surface area contributed by atoms with Gasteiger partial charge in [-0.05, 0) is 24.3 Å². The molecular formula is C24H20ClN3O2. The number of furan rings is 1. The molecule has 6 heteroatoms. The van der Waals surface area contributed by atoms with E-state index in [2.05, 4.69) is 9.88 Å². The summed E-state index contributed by atoms with van der Waals surface area (Å²) in [5.41, 5.74) is 3.42. The molecule has 0 saturated heterocycles. The zero-order valence-electron chi connectivity index (χ0n) is 16.3. The molecule has 0 spiro atoms. The lowest BCUT2D eigenvalue weighted by Crippen LogP contribution is -2.35. The molecule has 2 aromatic heterocycles. The number of hydrogen-bond acceptors (Lipinski definition) is 4. The highest BCUT2D eigenvalue weighted by Gasteiger charge is 2.22. The van der Waals surface area contributed by atoms with Crippen molar-refractivity contribution in [2.45, 2.75) is 19.5 Å². The van der Waals surface area contributed by atoms with Gasteiger partial charge in [0.25, 0.3) is 5.56 Å². The maximum Gasteiger partial charge on any atom is 0.255 e. The second-order valence-corrected chi connectivity index (χ2v) is 7.88. The summed E-state index contributed by atoms with van der Waals surface area (Å²) in [7, 11) is 0. The van der Waals surface area contributed by atoms with E-state index in [0.29, 0.717) is 23.9 Å². The first kappa shape index (κ1) is 18.9. The van der Waals surface area contributed by atoms with E-state index in [-0.39, 0.29) is 5.56 Å². The molecule has 0 aliphatic carbocycles. The SMILES string of the molecule is O=c1[nH]c(-c2ccccc2)nc2c1CN(Cc1ccc(-c3cccc(Cl)c3)o1)CC2. The summed E-state index contributed by atoms with van der Waals surface area (Å²) < 4.78 is 6.02. The van der Waals surface area contributed by atoms with E-state index in [4.69, 9.17) is 21.0 Å². The van der Waals surface area contributed by atoms with Gasteiger partial charge >= 0.3 is 0 Å². The van der Waals surface area contributed by atoms with Gasteiger partial charge < -0.3 is 9.40 Å². The summed E-state index contributed by atoms with van der Waals surface area (Å²) >= 11 is 6.08. The van der Waals surface area contributed by atoms with E-state index in [1.807, 2.05) is 66.7 Å². The van der Waals surface area contributed by atoms with Crippen molar-refractivity contribution in [3.8, 4) is 22.7 Å². The molecule has 0 amide bonds. The van der Waals surface area contributed by atoms with Gasteiger partial charge in [-0.15, -0.1) is 0 Å². The third-order valence-electron chi connectivity index (χ3n) is 5.35. The molecule has 4 aromatic rings. The summed E-state index contributed by atoms with van der Waals surface area (Å²) in [5.74, 6) is 2.28. The number of halogens is 1. The Morgan fingerprint density at radius 2 is 1.87 bits per heavy atom. The Hall–Kier alpha value is -3.15. The van der Waals surface area contributed by atoms with Crippen LogP contribution >= 0.6 is 11.6 Å². The van der Waals surface area contributed by atoms with Crippen LogP contribution in [0.15, 0.2) is 75.9 Å². The smallest absolute Gasteiger partial charge is 0.255 e. The molecule has 1 aliphatic heterocycles. The van der Waals surface area contributed by atoms with Gasteiger partial charge in [-0.3, -0.25) is 9.69 Å². The zero-order chi connectivity index (χ0) is 20.5. The van der Waals surface area contributed by atoms with Crippen molar-refractivity contribution in [1.82, 2.24) is 14.9 Å². The Balaban J connectivity index is 1.34. The minimum absolute atomic E-state index is 0.0670. The van der Waals surface area contributed by atoms with E-state index in [9.17, 15) is 4.79 Å². The summed E-state index contributed by atoms with van der Waals surface area (Å²) in [6.07, 6.45) is 0.737. The van der Waals surface area contributed by atoms with Gasteiger partial charge in [0.15, 0.2) is 0 Å². The Bertz CT molecular complexity index is 1250. The average Bonchev–Trinajstić information content (AvgIpc) is 3.23. The van der Waals surface area contributed by atoms with E-state index >= 15 is 0 Å². The topological polar surface area (TPSA) is 62.1 Å². The third-order valence-corrected chi connectivity index (χ3v) is 5.58. The molecule has 0 radical (unpaired) electrons. The van der Waals surface area contributed by atoms with Crippen LogP contribution in [0.2, 0.25) is 5.02 Å². The lowest BCUT2D eigenvalue weighted by atomic mass is 10.1. The fourth-order valence-corrected chi connectivity index (χ4v) is 4.02. The Morgan fingerprint density at radius 3 is 2.70 bits per heavy atom. The number of aromatic amines is 1. The van der Waals surface area contributed by atoms with Gasteiger partial charge in [-0.25, -0.2) is 4.98 Å². The van der Waals surface area contributed by atoms with Crippen molar-refractivity contribution in [2.24, 2.45) is 0 Å². The molecule has 150 valence electrons. The van der Waals surface area contributed by atoms with Crippen LogP contribution in [0.1, 0.15) is 17.0 Å². The number of rotatable bonds is 4. The first-order chi connectivity index (χ1) is 14.7. The molecule has 3 heterocycles. The molecule has 1 aliphatic rings. The summed E-state index contributed by atoms with van der Waals surface area (Å²) in [5, 5.41) is 0.680. The van der Waals surface area contributed by atoms with Crippen molar-refractivity contribution in [2.75, 3.05) is 6.54 Å². The highest BCUT2D eigenvalue weighted by molar-refractivity contribution is 6.30. The Morgan fingerprint density at radius 1 is 1.03 bits per heavy atom. The van der Waals surface area contributed by atoms with E-state index in [1.54, 1.807) is 0 Å². The summed E-state index contributed by atoms with van der Waals surface area (Å²) in [6.45, 7) is 2.02. The van der Waals surface area contributed by atoms with E-state index in [0.717, 1.165) is 46.9 Å². The minimum Gasteiger partial charge on any atom is -0.460 e. The largest absolute Gasteiger partial charge is 0.460 e. The lowest BCUT2D eigenvalue weighted by Gasteiger charge is -2.26. The van der Waals surface area contributed by atoms with Crippen LogP contribution < -0.4 is 5.56 Å². The monoisotopic (exact) mass is 417 g/mol. The van der Waals surface area contributed by atoms with Crippen LogP contribution in [0.5, 0.6) is 0 Å². The number of nitrogens with zero attached hydrogens (tertiary/aromatic N) is 2. The van der Waals surface area contributed by atoms with Crippen LogP contribution in [0, 0.1) is 0 Å². The van der Waals surface area contributed by atoms with Gasteiger partial charge in [0.1, 0.15) is 17.3 Å². The van der Waals surface area contributed by atoms with Crippen LogP contribution in [0.25, 0.3) is 22.7 Å². The van der Waals surface area contributed by atoms with Gasteiger partial charge in [0, 0.05) is 35.7 Å². The second kappa shape index (κ2) is 7.94. The number of benzene rings is 2. The molecule has 30 heavy (non-hydrogen) atoms. The fourth-order valence-electron chi connectivity index (χ4n) is 3.83. The van der Waals surface area contributed by atoms with Crippen molar-refractivity contribution < 1.29 is 4.42 Å². The molecule has 0 saturated carbocycles. The third kappa shape index (κ3) is 3.82.